The van der Waals surface area contributed by atoms with E-state index in [4.69, 9.17) is 25.3 Å². The van der Waals surface area contributed by atoms with E-state index >= 15 is 0 Å². The molecule has 0 saturated heterocycles. The molecule has 0 N–H and O–H groups in total. The van der Waals surface area contributed by atoms with Crippen molar-refractivity contribution in [2.75, 3.05) is 0 Å². The zero-order valence-corrected chi connectivity index (χ0v) is 13.4. The van der Waals surface area contributed by atoms with E-state index in [0.29, 0.717) is 12.4 Å². The van der Waals surface area contributed by atoms with Crippen molar-refractivity contribution >= 4 is 41.9 Å². The second-order valence-corrected chi connectivity index (χ2v) is 4.43. The van der Waals surface area contributed by atoms with Gasteiger partial charge >= 0.3 is 30.3 Å². The molecule has 12 nitrogen and oxygen atoms in total. The first kappa shape index (κ1) is 21.5. The van der Waals surface area contributed by atoms with E-state index in [-0.39, 0.29) is 0 Å². The predicted molar refractivity (Wildman–Crippen MR) is 76.0 cm³/mol. The number of ether oxygens (including phenoxy) is 3. The SMILES string of the molecule is CC(=O)OC([C@H](OC(C)=O)C(=O)C=[N+]=[N-])[C@H](OC(C)=O)C(=O)C=[N+]=[N-]. The van der Waals surface area contributed by atoms with E-state index in [2.05, 4.69) is 9.58 Å². The Morgan fingerprint density at radius 2 is 1.04 bits per heavy atom. The molecule has 0 aliphatic rings. The highest BCUT2D eigenvalue weighted by atomic mass is 16.6. The Balaban J connectivity index is 6.17. The van der Waals surface area contributed by atoms with E-state index in [1.54, 1.807) is 0 Å². The minimum atomic E-state index is -1.97. The summed E-state index contributed by atoms with van der Waals surface area (Å²) in [5.41, 5.74) is 16.9. The van der Waals surface area contributed by atoms with Gasteiger partial charge in [0.05, 0.1) is 0 Å². The summed E-state index contributed by atoms with van der Waals surface area (Å²) in [6.07, 6.45) is -5.21. The lowest BCUT2D eigenvalue weighted by Crippen LogP contribution is -2.52. The number of carbonyl (C=O) groups is 5. The van der Waals surface area contributed by atoms with Crippen LogP contribution in [0.5, 0.6) is 0 Å². The predicted octanol–water partition coefficient (Wildman–Crippen LogP) is -1.48. The van der Waals surface area contributed by atoms with Crippen LogP contribution >= 0.6 is 0 Å². The molecule has 134 valence electrons. The van der Waals surface area contributed by atoms with Crippen LogP contribution in [0, 0.1) is 0 Å². The van der Waals surface area contributed by atoms with Crippen LogP contribution in [0.2, 0.25) is 0 Å². The standard InChI is InChI=1S/C13H14N4O8/c1-6(18)23-11(9(21)4-16-14)13(25-8(3)20)12(24-7(2)19)10(22)5-17-15/h4-5,11-13H,1-3H3/t11-,12-/m1/s1. The van der Waals surface area contributed by atoms with Crippen LogP contribution in [0.1, 0.15) is 20.8 Å². The molecule has 0 unspecified atom stereocenters. The number of hydrogen-bond acceptors (Lipinski definition) is 8. The number of hydrogen-bond donors (Lipinski definition) is 0. The summed E-state index contributed by atoms with van der Waals surface area (Å²) in [4.78, 5) is 62.6. The molecule has 0 aromatic rings. The first-order chi connectivity index (χ1) is 11.6. The molecule has 0 aliphatic carbocycles. The molecule has 2 atom stereocenters. The fourth-order valence-electron chi connectivity index (χ4n) is 1.67. The maximum Gasteiger partial charge on any atom is 0.327 e. The maximum atomic E-state index is 12.0. The van der Waals surface area contributed by atoms with Crippen LogP contribution in [-0.4, -0.2) is 69.8 Å². The summed E-state index contributed by atoms with van der Waals surface area (Å²) in [5, 5.41) is 0. The molecule has 0 aromatic carbocycles. The molecule has 0 radical (unpaired) electrons. The van der Waals surface area contributed by atoms with Gasteiger partial charge in [-0.15, -0.1) is 0 Å². The number of carbonyl (C=O) groups excluding carboxylic acids is 5. The molecular formula is C13H14N4O8. The van der Waals surface area contributed by atoms with E-state index in [0.717, 1.165) is 20.8 Å². The topological polar surface area (TPSA) is 186 Å². The average molecular weight is 354 g/mol. The van der Waals surface area contributed by atoms with Gasteiger partial charge in [0.15, 0.2) is 6.10 Å². The summed E-state index contributed by atoms with van der Waals surface area (Å²) in [7, 11) is 0. The van der Waals surface area contributed by atoms with E-state index in [1.807, 2.05) is 0 Å². The van der Waals surface area contributed by atoms with Gasteiger partial charge in [0.2, 0.25) is 12.2 Å². The molecule has 0 aromatic heterocycles. The van der Waals surface area contributed by atoms with Gasteiger partial charge in [-0.25, -0.2) is 0 Å². The van der Waals surface area contributed by atoms with Gasteiger partial charge < -0.3 is 25.3 Å². The van der Waals surface area contributed by atoms with Gasteiger partial charge in [-0.3, -0.25) is 24.0 Å². The molecule has 12 heteroatoms. The zero-order chi connectivity index (χ0) is 19.6. The summed E-state index contributed by atoms with van der Waals surface area (Å²) in [6.45, 7) is 2.75. The van der Waals surface area contributed by atoms with E-state index in [1.165, 1.54) is 0 Å². The molecule has 25 heavy (non-hydrogen) atoms. The molecule has 0 rings (SSSR count). The summed E-state index contributed by atoms with van der Waals surface area (Å²) >= 11 is 0. The van der Waals surface area contributed by atoms with Crippen LogP contribution in [0.25, 0.3) is 11.1 Å². The highest BCUT2D eigenvalue weighted by Crippen LogP contribution is 2.15. The molecule has 0 heterocycles. The molecule has 0 aliphatic heterocycles. The third kappa shape index (κ3) is 7.55. The van der Waals surface area contributed by atoms with Gasteiger partial charge in [-0.1, -0.05) is 0 Å². The van der Waals surface area contributed by atoms with Crippen molar-refractivity contribution in [2.45, 2.75) is 39.1 Å². The Kier molecular flexibility index (Phi) is 8.88. The fraction of sp³-hybridized carbons (Fsp3) is 0.462. The van der Waals surface area contributed by atoms with Crippen molar-refractivity contribution in [1.29, 1.82) is 0 Å². The second-order valence-electron chi connectivity index (χ2n) is 4.43. The number of ketones is 2. The Bertz CT molecular complexity index is 626. The number of Topliss-reactive ketones (excluding diaryl/α,β-unsaturated/α-hetero) is 2. The Hall–Kier alpha value is -3.49. The van der Waals surface area contributed by atoms with Crippen molar-refractivity contribution in [1.82, 2.24) is 0 Å². The molecule has 0 amide bonds. The van der Waals surface area contributed by atoms with Gasteiger partial charge in [-0.2, -0.15) is 9.58 Å². The van der Waals surface area contributed by atoms with Gasteiger partial charge in [0.1, 0.15) is 0 Å². The molecule has 0 fully saturated rings. The minimum Gasteiger partial charge on any atom is -0.454 e. The number of nitrogens with zero attached hydrogens (tertiary/aromatic N) is 4. The monoisotopic (exact) mass is 354 g/mol. The number of rotatable bonds is 9. The maximum absolute atomic E-state index is 12.0. The second kappa shape index (κ2) is 10.3. The molecular weight excluding hydrogens is 340 g/mol. The highest BCUT2D eigenvalue weighted by molar-refractivity contribution is 6.30. The molecule has 0 saturated carbocycles. The first-order valence-corrected chi connectivity index (χ1v) is 6.58. The normalized spacial score (nSPS) is 12.9. The van der Waals surface area contributed by atoms with Crippen LogP contribution in [0.15, 0.2) is 0 Å². The first-order valence-electron chi connectivity index (χ1n) is 6.58. The Labute approximate surface area is 140 Å². The third-order valence-electron chi connectivity index (χ3n) is 2.42. The largest absolute Gasteiger partial charge is 0.454 e. The number of esters is 3. The molecule has 0 spiro atoms. The van der Waals surface area contributed by atoms with E-state index < -0.39 is 47.8 Å². The van der Waals surface area contributed by atoms with Crippen molar-refractivity contribution in [2.24, 2.45) is 0 Å². The van der Waals surface area contributed by atoms with Crippen LogP contribution in [0.4, 0.5) is 0 Å². The lowest BCUT2D eigenvalue weighted by molar-refractivity contribution is -0.185. The van der Waals surface area contributed by atoms with Crippen LogP contribution < -0.4 is 0 Å². The van der Waals surface area contributed by atoms with Crippen molar-refractivity contribution in [3.05, 3.63) is 11.1 Å². The third-order valence-corrected chi connectivity index (χ3v) is 2.42. The smallest absolute Gasteiger partial charge is 0.327 e. The zero-order valence-electron chi connectivity index (χ0n) is 13.4. The van der Waals surface area contributed by atoms with Crippen molar-refractivity contribution in [3.63, 3.8) is 0 Å². The summed E-state index contributed by atoms with van der Waals surface area (Å²) < 4.78 is 14.2. The van der Waals surface area contributed by atoms with Gasteiger partial charge in [-0.05, 0) is 0 Å². The summed E-state index contributed by atoms with van der Waals surface area (Å²) in [5.74, 6) is -5.37. The fourth-order valence-corrected chi connectivity index (χ4v) is 1.67. The Morgan fingerprint density at radius 3 is 1.28 bits per heavy atom. The van der Waals surface area contributed by atoms with Crippen LogP contribution in [-0.2, 0) is 38.2 Å². The minimum absolute atomic E-state index is 0.333. The summed E-state index contributed by atoms with van der Waals surface area (Å²) in [6, 6.07) is 0. The average Bonchev–Trinajstić information content (AvgIpc) is 2.48. The Morgan fingerprint density at radius 1 is 0.720 bits per heavy atom. The highest BCUT2D eigenvalue weighted by Gasteiger charge is 2.46. The van der Waals surface area contributed by atoms with Crippen molar-refractivity contribution in [3.8, 4) is 0 Å². The quantitative estimate of drug-likeness (QED) is 0.158. The van der Waals surface area contributed by atoms with Crippen LogP contribution in [0.3, 0.4) is 0 Å². The van der Waals surface area contributed by atoms with Gasteiger partial charge in [0.25, 0.3) is 11.6 Å². The lowest BCUT2D eigenvalue weighted by atomic mass is 10.0. The van der Waals surface area contributed by atoms with E-state index in [9.17, 15) is 24.0 Å². The van der Waals surface area contributed by atoms with Gasteiger partial charge in [0, 0.05) is 20.8 Å². The molecule has 0 bridgehead atoms. The lowest BCUT2D eigenvalue weighted by Gasteiger charge is -2.27. The van der Waals surface area contributed by atoms with Crippen molar-refractivity contribution < 1.29 is 47.8 Å².